The molecule has 0 aliphatic heterocycles. The van der Waals surface area contributed by atoms with Crippen LogP contribution in [-0.4, -0.2) is 69.4 Å². The van der Waals surface area contributed by atoms with Gasteiger partial charge in [-0.2, -0.15) is 0 Å². The first-order valence-corrected chi connectivity index (χ1v) is 34.6. The fourth-order valence-electron chi connectivity index (χ4n) is 8.74. The maximum atomic E-state index is 13.6. The molecule has 0 aliphatic carbocycles. The molecule has 0 aliphatic rings. The predicted molar refractivity (Wildman–Crippen MR) is 357 cm³/mol. The number of nitrogens with zero attached hydrogens (tertiary/aromatic N) is 1. The van der Waals surface area contributed by atoms with Crippen LogP contribution in [0.1, 0.15) is 252 Å². The maximum absolute atomic E-state index is 13.6. The van der Waals surface area contributed by atoms with E-state index < -0.39 is 32.5 Å². The normalized spacial score (nSPS) is 14.5. The fourth-order valence-corrected chi connectivity index (χ4v) is 9.46. The van der Waals surface area contributed by atoms with Crippen molar-refractivity contribution >= 4 is 19.7 Å². The molecule has 0 saturated heterocycles. The van der Waals surface area contributed by atoms with Gasteiger partial charge in [0.05, 0.1) is 33.8 Å². The molecule has 0 aromatic heterocycles. The Bertz CT molecular complexity index is 1930. The summed E-state index contributed by atoms with van der Waals surface area (Å²) in [6.45, 7) is 6.56. The van der Waals surface area contributed by atoms with Crippen molar-refractivity contribution in [3.8, 4) is 0 Å². The highest BCUT2D eigenvalue weighted by molar-refractivity contribution is 7.45. The Morgan fingerprint density at radius 3 is 1.18 bits per heavy atom. The molecule has 0 bridgehead atoms. The number of carbonyl (C=O) groups is 2. The number of phosphoric acid groups is 1. The first-order chi connectivity index (χ1) is 40.4. The molecule has 0 rings (SSSR count). The summed E-state index contributed by atoms with van der Waals surface area (Å²) in [4.78, 5) is 40.1. The van der Waals surface area contributed by atoms with Crippen molar-refractivity contribution in [3.63, 3.8) is 0 Å². The molecular formula is C73H123N2O7P. The quantitative estimate of drug-likeness (QED) is 0.0212. The number of quaternary nitrogens is 1. The van der Waals surface area contributed by atoms with Gasteiger partial charge in [-0.1, -0.05) is 263 Å². The summed E-state index contributed by atoms with van der Waals surface area (Å²) in [7, 11) is 1.13. The number of ether oxygens (including phenoxy) is 1. The van der Waals surface area contributed by atoms with Gasteiger partial charge in [0, 0.05) is 12.8 Å². The summed E-state index contributed by atoms with van der Waals surface area (Å²) >= 11 is 0. The zero-order valence-corrected chi connectivity index (χ0v) is 54.7. The smallest absolute Gasteiger partial charge is 0.306 e. The topological polar surface area (TPSA) is 114 Å². The zero-order valence-electron chi connectivity index (χ0n) is 53.8. The van der Waals surface area contributed by atoms with Crippen molar-refractivity contribution in [1.82, 2.24) is 5.32 Å². The van der Waals surface area contributed by atoms with Crippen LogP contribution < -0.4 is 10.2 Å². The molecule has 0 aromatic carbocycles. The zero-order chi connectivity index (χ0) is 60.7. The second kappa shape index (κ2) is 61.0. The monoisotopic (exact) mass is 1170 g/mol. The van der Waals surface area contributed by atoms with Crippen LogP contribution in [0.15, 0.2) is 146 Å². The van der Waals surface area contributed by atoms with E-state index in [1.165, 1.54) is 83.5 Å². The van der Waals surface area contributed by atoms with Crippen LogP contribution in [0.25, 0.3) is 0 Å². The number of unbranched alkanes of at least 4 members (excludes halogenated alkanes) is 20. The van der Waals surface area contributed by atoms with Crippen LogP contribution in [-0.2, 0) is 27.9 Å². The second-order valence-electron chi connectivity index (χ2n) is 22.9. The molecule has 0 fully saturated rings. The fraction of sp³-hybridized carbons (Fsp3) is 0.644. The Hall–Kier alpha value is -4.11. The minimum Gasteiger partial charge on any atom is -0.756 e. The van der Waals surface area contributed by atoms with Crippen molar-refractivity contribution in [2.45, 2.75) is 264 Å². The SMILES string of the molecule is CC/C=C\C/C=C\C/C=C\C/C=C\C/C=C\C/C=C\CCCCCCCCCCC(=O)NC(COP(=O)([O-])OCC[N+](C)(C)C)C(/C=C\CCCCCCCCCCCCC)OC(=O)CCC/C=C\C/C=C\C/C=C\C/C=C\C/C=C\CC. The number of hydrogen-bond acceptors (Lipinski definition) is 7. The van der Waals surface area contributed by atoms with Crippen LogP contribution in [0.3, 0.4) is 0 Å². The molecule has 0 heterocycles. The van der Waals surface area contributed by atoms with E-state index in [-0.39, 0.29) is 25.4 Å². The lowest BCUT2D eigenvalue weighted by molar-refractivity contribution is -0.870. The number of carbonyl (C=O) groups excluding carboxylic acids is 2. The van der Waals surface area contributed by atoms with Crippen molar-refractivity contribution in [1.29, 1.82) is 0 Å². The first kappa shape index (κ1) is 78.9. The van der Waals surface area contributed by atoms with E-state index in [0.29, 0.717) is 23.9 Å². The van der Waals surface area contributed by atoms with E-state index in [1.54, 1.807) is 0 Å². The van der Waals surface area contributed by atoms with Crippen LogP contribution >= 0.6 is 7.82 Å². The summed E-state index contributed by atoms with van der Waals surface area (Å²) < 4.78 is 30.3. The van der Waals surface area contributed by atoms with Gasteiger partial charge >= 0.3 is 5.97 Å². The number of allylic oxidation sites excluding steroid dienone is 23. The van der Waals surface area contributed by atoms with Gasteiger partial charge in [-0.3, -0.25) is 14.2 Å². The highest BCUT2D eigenvalue weighted by atomic mass is 31.2. The van der Waals surface area contributed by atoms with E-state index in [0.717, 1.165) is 122 Å². The lowest BCUT2D eigenvalue weighted by Gasteiger charge is -2.30. The van der Waals surface area contributed by atoms with Crippen molar-refractivity contribution < 1.29 is 37.3 Å². The Labute approximate surface area is 510 Å². The minimum atomic E-state index is -4.73. The van der Waals surface area contributed by atoms with Gasteiger partial charge in [0.2, 0.25) is 5.91 Å². The number of esters is 1. The van der Waals surface area contributed by atoms with Gasteiger partial charge in [-0.15, -0.1) is 0 Å². The van der Waals surface area contributed by atoms with E-state index >= 15 is 0 Å². The standard InChI is InChI=1S/C73H123N2O7P/c1-7-10-13-16-19-22-25-28-30-32-33-34-35-36-37-38-39-40-41-43-44-47-50-53-56-59-62-65-72(76)74-70(69-81-83(78,79)80-68-67-75(4,5)6)71(64-61-58-55-52-49-46-27-24-21-18-15-12-9-3)82-73(77)66-63-60-57-54-51-48-45-42-31-29-26-23-20-17-14-11-8-2/h10-11,13-14,19-20,22-23,28-31,33-34,36-37,39-40,45,48,54,57,61,64,70-71H,7-9,12,15-18,21,24-27,32,35,38,41-44,46-47,49-53,55-56,58-60,62-63,65-69H2,1-6H3,(H-,74,76,78,79)/b13-10-,14-11-,22-19-,23-20-,30-28-,31-29-,34-33-,37-36-,40-39-,48-45-,57-54-,64-61-. The van der Waals surface area contributed by atoms with E-state index in [1.807, 2.05) is 33.3 Å². The van der Waals surface area contributed by atoms with Crippen molar-refractivity contribution in [2.24, 2.45) is 0 Å². The molecule has 0 radical (unpaired) electrons. The number of amides is 1. The van der Waals surface area contributed by atoms with Crippen molar-refractivity contribution in [3.05, 3.63) is 146 Å². The number of hydrogen-bond donors (Lipinski definition) is 1. The largest absolute Gasteiger partial charge is 0.756 e. The molecule has 9 nitrogen and oxygen atoms in total. The summed E-state index contributed by atoms with van der Waals surface area (Å²) in [5, 5.41) is 3.01. The van der Waals surface area contributed by atoms with Gasteiger partial charge < -0.3 is 28.5 Å². The highest BCUT2D eigenvalue weighted by Gasteiger charge is 2.27. The number of rotatable bonds is 58. The first-order valence-electron chi connectivity index (χ1n) is 33.1. The predicted octanol–water partition coefficient (Wildman–Crippen LogP) is 20.4. The van der Waals surface area contributed by atoms with Crippen LogP contribution in [0, 0.1) is 0 Å². The molecule has 0 saturated carbocycles. The van der Waals surface area contributed by atoms with Gasteiger partial charge in [-0.05, 0) is 122 Å². The van der Waals surface area contributed by atoms with Crippen LogP contribution in [0.4, 0.5) is 0 Å². The molecule has 0 aromatic rings. The van der Waals surface area contributed by atoms with E-state index in [2.05, 4.69) is 160 Å². The molecular weight excluding hydrogens is 1050 g/mol. The lowest BCUT2D eigenvalue weighted by Crippen LogP contribution is -2.47. The highest BCUT2D eigenvalue weighted by Crippen LogP contribution is 2.38. The molecule has 472 valence electrons. The second-order valence-corrected chi connectivity index (χ2v) is 24.3. The Kier molecular flexibility index (Phi) is 58.0. The number of nitrogens with one attached hydrogen (secondary N) is 1. The van der Waals surface area contributed by atoms with Crippen LogP contribution in [0.2, 0.25) is 0 Å². The number of phosphoric ester groups is 1. The maximum Gasteiger partial charge on any atom is 0.306 e. The summed E-state index contributed by atoms with van der Waals surface area (Å²) in [5.74, 6) is -0.628. The molecule has 83 heavy (non-hydrogen) atoms. The van der Waals surface area contributed by atoms with E-state index in [4.69, 9.17) is 13.8 Å². The Morgan fingerprint density at radius 1 is 0.434 bits per heavy atom. The van der Waals surface area contributed by atoms with Crippen LogP contribution in [0.5, 0.6) is 0 Å². The van der Waals surface area contributed by atoms with Gasteiger partial charge in [0.15, 0.2) is 0 Å². The van der Waals surface area contributed by atoms with Crippen molar-refractivity contribution in [2.75, 3.05) is 40.9 Å². The van der Waals surface area contributed by atoms with Gasteiger partial charge in [-0.25, -0.2) is 0 Å². The third-order valence-electron chi connectivity index (χ3n) is 13.8. The molecule has 1 amide bonds. The molecule has 3 atom stereocenters. The molecule has 3 unspecified atom stereocenters. The average Bonchev–Trinajstić information content (AvgIpc) is 3.47. The molecule has 0 spiro atoms. The summed E-state index contributed by atoms with van der Waals surface area (Å²) in [5.41, 5.74) is 0. The van der Waals surface area contributed by atoms with E-state index in [9.17, 15) is 19.0 Å². The Morgan fingerprint density at radius 2 is 0.783 bits per heavy atom. The third-order valence-corrected chi connectivity index (χ3v) is 14.7. The van der Waals surface area contributed by atoms with Gasteiger partial charge in [0.25, 0.3) is 7.82 Å². The third kappa shape index (κ3) is 62.2. The molecule has 1 N–H and O–H groups in total. The summed E-state index contributed by atoms with van der Waals surface area (Å²) in [6.07, 6.45) is 88.3. The minimum absolute atomic E-state index is 0.0409. The number of likely N-dealkylation sites (N-methyl/N-ethyl adjacent to an activating group) is 1. The average molecular weight is 1170 g/mol. The Balaban J connectivity index is 5.25. The lowest BCUT2D eigenvalue weighted by atomic mass is 10.0. The molecule has 10 heteroatoms. The van der Waals surface area contributed by atoms with Gasteiger partial charge in [0.1, 0.15) is 19.3 Å². The summed E-state index contributed by atoms with van der Waals surface area (Å²) in [6, 6.07) is -0.928.